The van der Waals surface area contributed by atoms with Crippen molar-refractivity contribution >= 4 is 53.2 Å². The van der Waals surface area contributed by atoms with Crippen molar-refractivity contribution in [2.24, 2.45) is 0 Å². The Balaban J connectivity index is 1.50. The molecule has 2 heterocycles. The Kier molecular flexibility index (Phi) is 4.05. The largest absolute Gasteiger partial charge is 0.228 e. The van der Waals surface area contributed by atoms with Crippen molar-refractivity contribution in [1.29, 1.82) is 0 Å². The fourth-order valence-corrected chi connectivity index (χ4v) is 5.89. The van der Waals surface area contributed by atoms with Gasteiger partial charge in [-0.15, -0.1) is 11.3 Å². The summed E-state index contributed by atoms with van der Waals surface area (Å²) < 4.78 is 2.64. The summed E-state index contributed by atoms with van der Waals surface area (Å²) >= 11 is 1.86. The van der Waals surface area contributed by atoms with Gasteiger partial charge in [-0.05, 0) is 23.6 Å². The second-order valence-electron chi connectivity index (χ2n) is 8.26. The van der Waals surface area contributed by atoms with Crippen LogP contribution in [0.1, 0.15) is 0 Å². The molecular formula is C30H18N2S. The highest BCUT2D eigenvalue weighted by Crippen LogP contribution is 2.39. The van der Waals surface area contributed by atoms with E-state index in [0.717, 1.165) is 33.5 Å². The number of fused-ring (bicyclic) bond motifs is 6. The highest BCUT2D eigenvalue weighted by molar-refractivity contribution is 7.26. The Morgan fingerprint density at radius 3 is 2.18 bits per heavy atom. The van der Waals surface area contributed by atoms with Gasteiger partial charge >= 0.3 is 0 Å². The second-order valence-corrected chi connectivity index (χ2v) is 9.31. The summed E-state index contributed by atoms with van der Waals surface area (Å²) in [5, 5.41) is 6.19. The highest BCUT2D eigenvalue weighted by atomic mass is 32.1. The summed E-state index contributed by atoms with van der Waals surface area (Å²) in [7, 11) is 0. The van der Waals surface area contributed by atoms with Crippen LogP contribution in [0.2, 0.25) is 0 Å². The molecule has 7 rings (SSSR count). The topological polar surface area (TPSA) is 25.8 Å². The van der Waals surface area contributed by atoms with Gasteiger partial charge in [0.15, 0.2) is 5.82 Å². The summed E-state index contributed by atoms with van der Waals surface area (Å²) in [5.74, 6) is 0.757. The fourth-order valence-electron chi connectivity index (χ4n) is 4.66. The molecule has 3 heteroatoms. The van der Waals surface area contributed by atoms with Crippen LogP contribution < -0.4 is 0 Å². The van der Waals surface area contributed by atoms with Gasteiger partial charge in [0.2, 0.25) is 0 Å². The van der Waals surface area contributed by atoms with E-state index in [1.54, 1.807) is 0 Å². The van der Waals surface area contributed by atoms with Crippen molar-refractivity contribution in [2.75, 3.05) is 0 Å². The molecule has 154 valence electrons. The molecule has 2 aromatic heterocycles. The molecule has 0 aliphatic carbocycles. The van der Waals surface area contributed by atoms with E-state index < -0.39 is 0 Å². The number of hydrogen-bond acceptors (Lipinski definition) is 3. The Labute approximate surface area is 194 Å². The third-order valence-electron chi connectivity index (χ3n) is 6.27. The van der Waals surface area contributed by atoms with E-state index in [2.05, 4.69) is 91.0 Å². The lowest BCUT2D eigenvalue weighted by molar-refractivity contribution is 1.23. The van der Waals surface area contributed by atoms with Crippen LogP contribution in [0.3, 0.4) is 0 Å². The molecule has 7 aromatic rings. The fraction of sp³-hybridized carbons (Fsp3) is 0. The van der Waals surface area contributed by atoms with Gasteiger partial charge < -0.3 is 0 Å². The summed E-state index contributed by atoms with van der Waals surface area (Å²) in [4.78, 5) is 10.0. The average molecular weight is 439 g/mol. The van der Waals surface area contributed by atoms with E-state index in [1.165, 1.54) is 30.9 Å². The maximum absolute atomic E-state index is 5.06. The van der Waals surface area contributed by atoms with Gasteiger partial charge in [0.25, 0.3) is 0 Å². The van der Waals surface area contributed by atoms with Crippen LogP contribution in [-0.4, -0.2) is 9.97 Å². The van der Waals surface area contributed by atoms with Crippen LogP contribution in [0.25, 0.3) is 64.5 Å². The number of rotatable bonds is 2. The van der Waals surface area contributed by atoms with Crippen molar-refractivity contribution in [3.8, 4) is 22.6 Å². The monoisotopic (exact) mass is 438 g/mol. The van der Waals surface area contributed by atoms with Gasteiger partial charge in [-0.3, -0.25) is 0 Å². The molecule has 0 saturated carbocycles. The summed E-state index contributed by atoms with van der Waals surface area (Å²) in [6, 6.07) is 38.3. The lowest BCUT2D eigenvalue weighted by Crippen LogP contribution is -1.95. The number of aromatic nitrogens is 2. The quantitative estimate of drug-likeness (QED) is 0.270. The molecule has 0 radical (unpaired) electrons. The number of hydrogen-bond donors (Lipinski definition) is 0. The van der Waals surface area contributed by atoms with Gasteiger partial charge in [-0.2, -0.15) is 0 Å². The van der Waals surface area contributed by atoms with Gasteiger partial charge in [0, 0.05) is 42.1 Å². The van der Waals surface area contributed by atoms with Gasteiger partial charge in [0.1, 0.15) is 0 Å². The molecule has 2 nitrogen and oxygen atoms in total. The zero-order valence-electron chi connectivity index (χ0n) is 17.7. The molecule has 0 aliphatic heterocycles. The lowest BCUT2D eigenvalue weighted by Gasteiger charge is -2.10. The summed E-state index contributed by atoms with van der Waals surface area (Å²) in [5.41, 5.74) is 4.07. The van der Waals surface area contributed by atoms with Gasteiger partial charge in [-0.25, -0.2) is 9.97 Å². The number of nitrogens with zero attached hydrogens (tertiary/aromatic N) is 2. The van der Waals surface area contributed by atoms with Crippen molar-refractivity contribution in [3.63, 3.8) is 0 Å². The van der Waals surface area contributed by atoms with Crippen molar-refractivity contribution in [2.45, 2.75) is 0 Å². The van der Waals surface area contributed by atoms with E-state index in [0.29, 0.717) is 0 Å². The third-order valence-corrected chi connectivity index (χ3v) is 7.49. The molecule has 5 aromatic carbocycles. The van der Waals surface area contributed by atoms with Crippen LogP contribution in [0.4, 0.5) is 0 Å². The van der Waals surface area contributed by atoms with E-state index >= 15 is 0 Å². The zero-order chi connectivity index (χ0) is 21.8. The predicted molar refractivity (Wildman–Crippen MR) is 141 cm³/mol. The lowest BCUT2D eigenvalue weighted by atomic mass is 10.0. The molecule has 0 spiro atoms. The normalized spacial score (nSPS) is 11.6. The molecule has 0 aliphatic rings. The van der Waals surface area contributed by atoms with Crippen molar-refractivity contribution in [1.82, 2.24) is 9.97 Å². The van der Waals surface area contributed by atoms with Crippen molar-refractivity contribution in [3.05, 3.63) is 109 Å². The standard InChI is InChI=1S/C30H18N2S/c1-2-8-20(9-3-1)28-24-11-4-6-12-26(24)31-30(32-28)21-15-14-19-16-17-23-22-10-5-7-13-27(22)33-29(23)25(19)18-21/h1-18H. The molecule has 0 N–H and O–H groups in total. The molecule has 0 saturated heterocycles. The Morgan fingerprint density at radius 1 is 0.515 bits per heavy atom. The second kappa shape index (κ2) is 7.22. The number of benzene rings is 5. The number of para-hydroxylation sites is 1. The van der Waals surface area contributed by atoms with Gasteiger partial charge in [0.05, 0.1) is 11.2 Å². The smallest absolute Gasteiger partial charge is 0.160 e. The van der Waals surface area contributed by atoms with Crippen molar-refractivity contribution < 1.29 is 0 Å². The minimum absolute atomic E-state index is 0.757. The van der Waals surface area contributed by atoms with Gasteiger partial charge in [-0.1, -0.05) is 91.0 Å². The van der Waals surface area contributed by atoms with Crippen LogP contribution in [0.5, 0.6) is 0 Å². The maximum Gasteiger partial charge on any atom is 0.160 e. The van der Waals surface area contributed by atoms with E-state index in [1.807, 2.05) is 29.5 Å². The first kappa shape index (κ1) is 18.5. The molecule has 0 atom stereocenters. The molecular weight excluding hydrogens is 420 g/mol. The van der Waals surface area contributed by atoms with E-state index in [-0.39, 0.29) is 0 Å². The highest BCUT2D eigenvalue weighted by Gasteiger charge is 2.13. The minimum atomic E-state index is 0.757. The van der Waals surface area contributed by atoms with E-state index in [9.17, 15) is 0 Å². The Bertz CT molecular complexity index is 1820. The minimum Gasteiger partial charge on any atom is -0.228 e. The van der Waals surface area contributed by atoms with Crippen LogP contribution in [0.15, 0.2) is 109 Å². The number of thiophene rings is 1. The molecule has 0 fully saturated rings. The zero-order valence-corrected chi connectivity index (χ0v) is 18.5. The first-order valence-electron chi connectivity index (χ1n) is 11.0. The SMILES string of the molecule is c1ccc(-c2nc(-c3ccc4ccc5c6ccccc6sc5c4c3)nc3ccccc23)cc1. The van der Waals surface area contributed by atoms with E-state index in [4.69, 9.17) is 9.97 Å². The Morgan fingerprint density at radius 2 is 1.27 bits per heavy atom. The predicted octanol–water partition coefficient (Wildman–Crippen LogP) is 8.48. The van der Waals surface area contributed by atoms with Crippen LogP contribution in [-0.2, 0) is 0 Å². The van der Waals surface area contributed by atoms with Crippen LogP contribution in [0, 0.1) is 0 Å². The average Bonchev–Trinajstić information content (AvgIpc) is 3.27. The van der Waals surface area contributed by atoms with Crippen LogP contribution >= 0.6 is 11.3 Å². The maximum atomic E-state index is 5.06. The molecule has 0 bridgehead atoms. The molecule has 0 unspecified atom stereocenters. The first-order chi connectivity index (χ1) is 16.3. The summed E-state index contributed by atoms with van der Waals surface area (Å²) in [6.45, 7) is 0. The summed E-state index contributed by atoms with van der Waals surface area (Å²) in [6.07, 6.45) is 0. The first-order valence-corrected chi connectivity index (χ1v) is 11.8. The Hall–Kier alpha value is -4.08. The third kappa shape index (κ3) is 2.94. The molecule has 0 amide bonds. The molecule has 33 heavy (non-hydrogen) atoms.